The smallest absolute Gasteiger partial charge is 0.0240 e. The number of likely N-dealkylation sites (N-methyl/N-ethyl adjacent to an activating group) is 1. The first-order valence-corrected chi connectivity index (χ1v) is 8.71. The molecule has 0 aliphatic heterocycles. The molecule has 0 amide bonds. The maximum atomic E-state index is 3.70. The Morgan fingerprint density at radius 2 is 1.85 bits per heavy atom. The van der Waals surface area contributed by atoms with Gasteiger partial charge in [-0.1, -0.05) is 20.3 Å². The second kappa shape index (κ2) is 6.36. The molecule has 0 saturated heterocycles. The fraction of sp³-hybridized carbons (Fsp3) is 1.00. The van der Waals surface area contributed by atoms with Crippen molar-refractivity contribution in [2.45, 2.75) is 71.9 Å². The molecule has 0 aromatic rings. The highest BCUT2D eigenvalue weighted by Crippen LogP contribution is 2.48. The van der Waals surface area contributed by atoms with Crippen molar-refractivity contribution in [3.63, 3.8) is 0 Å². The standard InChI is InChI=1S/C18H36N2/c1-13(2)17(11-19-18(3,4)5)20(6)12-16-10-14-7-8-15(16)9-14/h13-17,19H,7-12H2,1-6H3. The third-order valence-electron chi connectivity index (χ3n) is 5.58. The van der Waals surface area contributed by atoms with Gasteiger partial charge in [-0.25, -0.2) is 0 Å². The summed E-state index contributed by atoms with van der Waals surface area (Å²) in [6, 6.07) is 0.661. The largest absolute Gasteiger partial charge is 0.311 e. The molecule has 0 aromatic heterocycles. The Bertz CT molecular complexity index is 305. The van der Waals surface area contributed by atoms with Crippen molar-refractivity contribution in [1.29, 1.82) is 0 Å². The maximum Gasteiger partial charge on any atom is 0.0240 e. The highest BCUT2D eigenvalue weighted by Gasteiger charge is 2.40. The summed E-state index contributed by atoms with van der Waals surface area (Å²) in [7, 11) is 2.35. The van der Waals surface area contributed by atoms with E-state index in [1.165, 1.54) is 32.2 Å². The van der Waals surface area contributed by atoms with Gasteiger partial charge in [-0.2, -0.15) is 0 Å². The molecular weight excluding hydrogens is 244 g/mol. The predicted octanol–water partition coefficient (Wildman–Crippen LogP) is 3.77. The van der Waals surface area contributed by atoms with Crippen LogP contribution in [0.1, 0.15) is 60.3 Å². The molecule has 118 valence electrons. The van der Waals surface area contributed by atoms with E-state index in [1.807, 2.05) is 0 Å². The van der Waals surface area contributed by atoms with Crippen molar-refractivity contribution in [2.24, 2.45) is 23.7 Å². The van der Waals surface area contributed by atoms with Crippen LogP contribution >= 0.6 is 0 Å². The number of nitrogens with zero attached hydrogens (tertiary/aromatic N) is 1. The summed E-state index contributed by atoms with van der Waals surface area (Å²) < 4.78 is 0. The van der Waals surface area contributed by atoms with Crippen LogP contribution in [0.5, 0.6) is 0 Å². The number of nitrogens with one attached hydrogen (secondary N) is 1. The van der Waals surface area contributed by atoms with Gasteiger partial charge in [-0.3, -0.25) is 0 Å². The quantitative estimate of drug-likeness (QED) is 0.797. The molecule has 0 radical (unpaired) electrons. The van der Waals surface area contributed by atoms with Gasteiger partial charge in [-0.15, -0.1) is 0 Å². The molecule has 2 saturated carbocycles. The second-order valence-corrected chi connectivity index (χ2v) is 8.82. The molecule has 0 heterocycles. The molecule has 4 atom stereocenters. The van der Waals surface area contributed by atoms with Crippen LogP contribution < -0.4 is 5.32 Å². The van der Waals surface area contributed by atoms with Gasteiger partial charge in [0.25, 0.3) is 0 Å². The SMILES string of the molecule is CC(C)C(CNC(C)(C)C)N(C)CC1CC2CCC1C2. The molecular formula is C18H36N2. The van der Waals surface area contributed by atoms with Crippen LogP contribution in [0.2, 0.25) is 0 Å². The molecule has 4 unspecified atom stereocenters. The summed E-state index contributed by atoms with van der Waals surface area (Å²) in [4.78, 5) is 2.65. The molecule has 0 spiro atoms. The lowest BCUT2D eigenvalue weighted by atomic mass is 9.87. The summed E-state index contributed by atoms with van der Waals surface area (Å²) >= 11 is 0. The van der Waals surface area contributed by atoms with Gasteiger partial charge in [0.15, 0.2) is 0 Å². The third-order valence-corrected chi connectivity index (χ3v) is 5.58. The molecule has 2 fully saturated rings. The van der Waals surface area contributed by atoms with Crippen molar-refractivity contribution in [3.8, 4) is 0 Å². The van der Waals surface area contributed by atoms with Crippen LogP contribution in [-0.2, 0) is 0 Å². The van der Waals surface area contributed by atoms with Gasteiger partial charge in [0.05, 0.1) is 0 Å². The number of rotatable bonds is 6. The van der Waals surface area contributed by atoms with Crippen LogP contribution in [0.4, 0.5) is 0 Å². The Labute approximate surface area is 126 Å². The monoisotopic (exact) mass is 280 g/mol. The predicted molar refractivity (Wildman–Crippen MR) is 87.9 cm³/mol. The Hall–Kier alpha value is -0.0800. The zero-order valence-corrected chi connectivity index (χ0v) is 14.6. The highest BCUT2D eigenvalue weighted by molar-refractivity contribution is 4.92. The summed E-state index contributed by atoms with van der Waals surface area (Å²) in [5.41, 5.74) is 0.223. The normalized spacial score (nSPS) is 31.5. The Morgan fingerprint density at radius 3 is 2.30 bits per heavy atom. The zero-order valence-electron chi connectivity index (χ0n) is 14.6. The minimum atomic E-state index is 0.223. The van der Waals surface area contributed by atoms with E-state index in [9.17, 15) is 0 Å². The van der Waals surface area contributed by atoms with Crippen molar-refractivity contribution < 1.29 is 0 Å². The van der Waals surface area contributed by atoms with Gasteiger partial charge in [0.2, 0.25) is 0 Å². The molecule has 2 nitrogen and oxygen atoms in total. The molecule has 2 rings (SSSR count). The van der Waals surface area contributed by atoms with E-state index in [0.717, 1.165) is 24.3 Å². The molecule has 2 heteroatoms. The van der Waals surface area contributed by atoms with Crippen LogP contribution in [0, 0.1) is 23.7 Å². The highest BCUT2D eigenvalue weighted by atomic mass is 15.2. The zero-order chi connectivity index (χ0) is 14.9. The molecule has 0 aromatic carbocycles. The minimum absolute atomic E-state index is 0.223. The fourth-order valence-corrected chi connectivity index (χ4v) is 4.42. The molecule has 2 aliphatic carbocycles. The molecule has 1 N–H and O–H groups in total. The average Bonchev–Trinajstić information content (AvgIpc) is 2.88. The van der Waals surface area contributed by atoms with Crippen molar-refractivity contribution >= 4 is 0 Å². The number of hydrogen-bond acceptors (Lipinski definition) is 2. The summed E-state index contributed by atoms with van der Waals surface area (Å²) in [5, 5.41) is 3.70. The minimum Gasteiger partial charge on any atom is -0.311 e. The molecule has 20 heavy (non-hydrogen) atoms. The lowest BCUT2D eigenvalue weighted by Gasteiger charge is -2.37. The van der Waals surface area contributed by atoms with Crippen LogP contribution in [0.25, 0.3) is 0 Å². The third kappa shape index (κ3) is 4.21. The van der Waals surface area contributed by atoms with Crippen molar-refractivity contribution in [2.75, 3.05) is 20.1 Å². The van der Waals surface area contributed by atoms with Crippen molar-refractivity contribution in [3.05, 3.63) is 0 Å². The van der Waals surface area contributed by atoms with Gasteiger partial charge in [0, 0.05) is 24.7 Å². The van der Waals surface area contributed by atoms with E-state index in [2.05, 4.69) is 51.9 Å². The maximum absolute atomic E-state index is 3.70. The summed E-state index contributed by atoms with van der Waals surface area (Å²) in [5.74, 6) is 3.82. The second-order valence-electron chi connectivity index (χ2n) is 8.82. The molecule has 2 bridgehead atoms. The first-order chi connectivity index (χ1) is 9.26. The van der Waals surface area contributed by atoms with Crippen molar-refractivity contribution in [1.82, 2.24) is 10.2 Å². The van der Waals surface area contributed by atoms with E-state index < -0.39 is 0 Å². The van der Waals surface area contributed by atoms with Crippen LogP contribution in [0.15, 0.2) is 0 Å². The Kier molecular flexibility index (Phi) is 5.18. The number of hydrogen-bond donors (Lipinski definition) is 1. The van der Waals surface area contributed by atoms with Gasteiger partial charge < -0.3 is 10.2 Å². The Balaban J connectivity index is 1.85. The fourth-order valence-electron chi connectivity index (χ4n) is 4.42. The first kappa shape index (κ1) is 16.3. The first-order valence-electron chi connectivity index (χ1n) is 8.71. The topological polar surface area (TPSA) is 15.3 Å². The van der Waals surface area contributed by atoms with E-state index >= 15 is 0 Å². The van der Waals surface area contributed by atoms with Gasteiger partial charge >= 0.3 is 0 Å². The van der Waals surface area contributed by atoms with E-state index in [0.29, 0.717) is 12.0 Å². The summed E-state index contributed by atoms with van der Waals surface area (Å²) in [6.07, 6.45) is 6.07. The van der Waals surface area contributed by atoms with E-state index in [4.69, 9.17) is 0 Å². The van der Waals surface area contributed by atoms with Gasteiger partial charge in [-0.05, 0) is 70.8 Å². The van der Waals surface area contributed by atoms with Crippen LogP contribution in [0.3, 0.4) is 0 Å². The summed E-state index contributed by atoms with van der Waals surface area (Å²) in [6.45, 7) is 14.0. The van der Waals surface area contributed by atoms with E-state index in [1.54, 1.807) is 0 Å². The van der Waals surface area contributed by atoms with E-state index in [-0.39, 0.29) is 5.54 Å². The lowest BCUT2D eigenvalue weighted by molar-refractivity contribution is 0.134. The Morgan fingerprint density at radius 1 is 1.15 bits per heavy atom. The van der Waals surface area contributed by atoms with Gasteiger partial charge in [0.1, 0.15) is 0 Å². The lowest BCUT2D eigenvalue weighted by Crippen LogP contribution is -2.50. The van der Waals surface area contributed by atoms with Crippen LogP contribution in [-0.4, -0.2) is 36.6 Å². The molecule has 2 aliphatic rings. The average molecular weight is 280 g/mol. The number of fused-ring (bicyclic) bond motifs is 2.